The molecule has 0 aliphatic heterocycles. The second-order valence-corrected chi connectivity index (χ2v) is 7.43. The van der Waals surface area contributed by atoms with E-state index >= 15 is 0 Å². The highest BCUT2D eigenvalue weighted by Crippen LogP contribution is 2.46. The fourth-order valence-corrected chi connectivity index (χ4v) is 2.22. The van der Waals surface area contributed by atoms with E-state index in [2.05, 4.69) is 20.8 Å². The molecule has 0 amide bonds. The Bertz CT molecular complexity index is 117. The third-order valence-electron chi connectivity index (χ3n) is 1.49. The second kappa shape index (κ2) is 5.29. The Hall–Kier alpha value is 0.610. The van der Waals surface area contributed by atoms with Gasteiger partial charge in [-0.2, -0.15) is 0 Å². The number of rotatable bonds is 5. The standard InChI is InChI=1S/C7H17OPS/c1-4-7-8-9(10,5-2)6-3/h4-7H2,1-3H3. The van der Waals surface area contributed by atoms with Crippen LogP contribution in [0.25, 0.3) is 0 Å². The minimum atomic E-state index is -1.36. The van der Waals surface area contributed by atoms with Gasteiger partial charge in [0.1, 0.15) is 0 Å². The van der Waals surface area contributed by atoms with E-state index in [1.54, 1.807) is 0 Å². The smallest absolute Gasteiger partial charge is 0.0668 e. The summed E-state index contributed by atoms with van der Waals surface area (Å²) in [5.41, 5.74) is 0. The molecule has 3 heteroatoms. The third kappa shape index (κ3) is 3.70. The van der Waals surface area contributed by atoms with Crippen LogP contribution >= 0.6 is 6.26 Å². The van der Waals surface area contributed by atoms with Gasteiger partial charge in [0, 0.05) is 0 Å². The van der Waals surface area contributed by atoms with Gasteiger partial charge in [0.25, 0.3) is 0 Å². The molecule has 0 N–H and O–H groups in total. The van der Waals surface area contributed by atoms with Gasteiger partial charge in [-0.25, -0.2) is 0 Å². The van der Waals surface area contributed by atoms with Gasteiger partial charge in [0.05, 0.1) is 12.9 Å². The Morgan fingerprint density at radius 3 is 2.00 bits per heavy atom. The van der Waals surface area contributed by atoms with Crippen molar-refractivity contribution < 1.29 is 4.52 Å². The molecule has 0 saturated heterocycles. The zero-order chi connectivity index (χ0) is 8.04. The van der Waals surface area contributed by atoms with Crippen molar-refractivity contribution in [2.75, 3.05) is 18.9 Å². The van der Waals surface area contributed by atoms with Gasteiger partial charge < -0.3 is 4.52 Å². The van der Waals surface area contributed by atoms with Crippen LogP contribution in [0.15, 0.2) is 0 Å². The van der Waals surface area contributed by atoms with Crippen LogP contribution in [0.4, 0.5) is 0 Å². The summed E-state index contributed by atoms with van der Waals surface area (Å²) in [6, 6.07) is 0. The van der Waals surface area contributed by atoms with Crippen molar-refractivity contribution >= 4 is 18.1 Å². The van der Waals surface area contributed by atoms with E-state index in [1.165, 1.54) is 0 Å². The molecule has 0 spiro atoms. The highest BCUT2D eigenvalue weighted by atomic mass is 32.4. The lowest BCUT2D eigenvalue weighted by molar-refractivity contribution is 0.350. The first-order chi connectivity index (χ1) is 4.68. The number of hydrogen-bond donors (Lipinski definition) is 0. The summed E-state index contributed by atoms with van der Waals surface area (Å²) in [5, 5.41) is 0. The van der Waals surface area contributed by atoms with Crippen molar-refractivity contribution in [3.63, 3.8) is 0 Å². The van der Waals surface area contributed by atoms with Crippen LogP contribution in [0.2, 0.25) is 0 Å². The zero-order valence-corrected chi connectivity index (χ0v) is 8.80. The van der Waals surface area contributed by atoms with Gasteiger partial charge >= 0.3 is 0 Å². The maximum Gasteiger partial charge on any atom is 0.0668 e. The minimum absolute atomic E-state index is 0.846. The maximum atomic E-state index is 5.60. The Kier molecular flexibility index (Phi) is 5.61. The average molecular weight is 180 g/mol. The first-order valence-corrected chi connectivity index (χ1v) is 7.00. The molecule has 0 aromatic heterocycles. The van der Waals surface area contributed by atoms with Crippen molar-refractivity contribution in [1.82, 2.24) is 0 Å². The SMILES string of the molecule is CCCOP(=S)(CC)CC. The Morgan fingerprint density at radius 2 is 1.70 bits per heavy atom. The normalized spacial score (nSPS) is 11.9. The minimum Gasteiger partial charge on any atom is -0.351 e. The van der Waals surface area contributed by atoms with Crippen molar-refractivity contribution in [3.8, 4) is 0 Å². The van der Waals surface area contributed by atoms with Crippen LogP contribution in [-0.2, 0) is 16.3 Å². The van der Waals surface area contributed by atoms with Crippen molar-refractivity contribution in [2.24, 2.45) is 0 Å². The summed E-state index contributed by atoms with van der Waals surface area (Å²) in [5.74, 6) is 0. The molecule has 0 fully saturated rings. The van der Waals surface area contributed by atoms with Gasteiger partial charge in [0.2, 0.25) is 0 Å². The fraction of sp³-hybridized carbons (Fsp3) is 1.00. The van der Waals surface area contributed by atoms with E-state index in [-0.39, 0.29) is 0 Å². The molecular weight excluding hydrogens is 163 g/mol. The zero-order valence-electron chi connectivity index (χ0n) is 7.09. The van der Waals surface area contributed by atoms with Crippen LogP contribution in [-0.4, -0.2) is 18.9 Å². The van der Waals surface area contributed by atoms with Crippen LogP contribution < -0.4 is 0 Å². The molecule has 1 nitrogen and oxygen atoms in total. The van der Waals surface area contributed by atoms with E-state index in [1.807, 2.05) is 0 Å². The van der Waals surface area contributed by atoms with Crippen LogP contribution in [0.3, 0.4) is 0 Å². The lowest BCUT2D eigenvalue weighted by Gasteiger charge is -2.17. The topological polar surface area (TPSA) is 9.23 Å². The van der Waals surface area contributed by atoms with Crippen molar-refractivity contribution in [3.05, 3.63) is 0 Å². The third-order valence-corrected chi connectivity index (χ3v) is 5.94. The first-order valence-electron chi connectivity index (χ1n) is 3.91. The molecule has 0 unspecified atom stereocenters. The molecule has 0 radical (unpaired) electrons. The molecule has 0 bridgehead atoms. The highest BCUT2D eigenvalue weighted by Gasteiger charge is 2.10. The summed E-state index contributed by atoms with van der Waals surface area (Å²) >= 11 is 5.36. The summed E-state index contributed by atoms with van der Waals surface area (Å²) < 4.78 is 5.60. The Labute approximate surface area is 69.2 Å². The van der Waals surface area contributed by atoms with Gasteiger partial charge in [-0.05, 0) is 18.7 Å². The van der Waals surface area contributed by atoms with Crippen LogP contribution in [0.1, 0.15) is 27.2 Å². The summed E-state index contributed by atoms with van der Waals surface area (Å²) in [6.45, 7) is 7.21. The quantitative estimate of drug-likeness (QED) is 0.602. The fourth-order valence-electron chi connectivity index (χ4n) is 0.664. The maximum absolute atomic E-state index is 5.60. The molecule has 0 saturated carbocycles. The average Bonchev–Trinajstić information content (AvgIpc) is 2.00. The van der Waals surface area contributed by atoms with E-state index in [0.29, 0.717) is 0 Å². The molecule has 10 heavy (non-hydrogen) atoms. The van der Waals surface area contributed by atoms with Gasteiger partial charge in [0.15, 0.2) is 0 Å². The van der Waals surface area contributed by atoms with Crippen molar-refractivity contribution in [1.29, 1.82) is 0 Å². The van der Waals surface area contributed by atoms with Gasteiger partial charge in [-0.1, -0.05) is 32.6 Å². The molecule has 0 atom stereocenters. The van der Waals surface area contributed by atoms with Crippen molar-refractivity contribution in [2.45, 2.75) is 27.2 Å². The van der Waals surface area contributed by atoms with E-state index < -0.39 is 6.26 Å². The number of hydrogen-bond acceptors (Lipinski definition) is 2. The highest BCUT2D eigenvalue weighted by molar-refractivity contribution is 8.12. The van der Waals surface area contributed by atoms with E-state index in [9.17, 15) is 0 Å². The molecule has 0 heterocycles. The molecule has 0 aliphatic rings. The van der Waals surface area contributed by atoms with E-state index in [0.717, 1.165) is 25.4 Å². The predicted molar refractivity (Wildman–Crippen MR) is 51.6 cm³/mol. The van der Waals surface area contributed by atoms with Crippen LogP contribution in [0, 0.1) is 0 Å². The largest absolute Gasteiger partial charge is 0.351 e. The van der Waals surface area contributed by atoms with Gasteiger partial charge in [-0.3, -0.25) is 0 Å². The predicted octanol–water partition coefficient (Wildman–Crippen LogP) is 2.85. The first kappa shape index (κ1) is 10.6. The molecule has 62 valence electrons. The Balaban J connectivity index is 3.70. The summed E-state index contributed by atoms with van der Waals surface area (Å²) in [7, 11) is 0. The molecular formula is C7H17OPS. The Morgan fingerprint density at radius 1 is 1.20 bits per heavy atom. The second-order valence-electron chi connectivity index (χ2n) is 2.28. The van der Waals surface area contributed by atoms with Crippen LogP contribution in [0.5, 0.6) is 0 Å². The monoisotopic (exact) mass is 180 g/mol. The summed E-state index contributed by atoms with van der Waals surface area (Å²) in [6.07, 6.45) is 1.80. The molecule has 0 aromatic carbocycles. The van der Waals surface area contributed by atoms with Gasteiger partial charge in [-0.15, -0.1) is 0 Å². The molecule has 0 rings (SSSR count). The molecule has 0 aromatic rings. The lowest BCUT2D eigenvalue weighted by Crippen LogP contribution is -1.95. The molecule has 0 aliphatic carbocycles. The lowest BCUT2D eigenvalue weighted by atomic mass is 10.5. The van der Waals surface area contributed by atoms with E-state index in [4.69, 9.17) is 16.3 Å². The summed E-state index contributed by atoms with van der Waals surface area (Å²) in [4.78, 5) is 0.